The first-order valence-electron chi connectivity index (χ1n) is 16.3. The quantitative estimate of drug-likeness (QED) is 0.190. The lowest BCUT2D eigenvalue weighted by Crippen LogP contribution is -2.36. The van der Waals surface area contributed by atoms with Gasteiger partial charge in [-0.15, -0.1) is 11.3 Å². The molecule has 0 bridgehead atoms. The zero-order valence-corrected chi connectivity index (χ0v) is 25.0. The summed E-state index contributed by atoms with van der Waals surface area (Å²) in [5.74, 6) is 2.58. The minimum atomic E-state index is 0.282. The molecule has 4 aliphatic carbocycles. The third kappa shape index (κ3) is 3.56. The molecule has 1 saturated carbocycles. The average Bonchev–Trinajstić information content (AvgIpc) is 3.74. The Hall–Kier alpha value is -3.66. The molecule has 0 radical (unpaired) electrons. The van der Waals surface area contributed by atoms with Gasteiger partial charge in [0.2, 0.25) is 0 Å². The predicted octanol–water partition coefficient (Wildman–Crippen LogP) is 10.5. The average molecular weight is 578 g/mol. The molecule has 3 heterocycles. The Kier molecular flexibility index (Phi) is 5.42. The molecule has 7 atom stereocenters. The van der Waals surface area contributed by atoms with Crippen molar-refractivity contribution in [3.63, 3.8) is 0 Å². The first kappa shape index (κ1) is 24.7. The lowest BCUT2D eigenvalue weighted by molar-refractivity contribution is 0.0347. The molecule has 1 aliphatic heterocycles. The third-order valence-corrected chi connectivity index (χ3v) is 12.5. The fourth-order valence-corrected chi connectivity index (χ4v) is 10.7. The van der Waals surface area contributed by atoms with Crippen LogP contribution in [0.1, 0.15) is 60.8 Å². The van der Waals surface area contributed by atoms with Crippen molar-refractivity contribution < 1.29 is 4.74 Å². The summed E-state index contributed by atoms with van der Waals surface area (Å²) in [6.45, 7) is 0. The monoisotopic (exact) mass is 577 g/mol. The van der Waals surface area contributed by atoms with Gasteiger partial charge in [-0.2, -0.15) is 0 Å². The van der Waals surface area contributed by atoms with Gasteiger partial charge in [-0.1, -0.05) is 104 Å². The Morgan fingerprint density at radius 3 is 2.56 bits per heavy atom. The molecule has 43 heavy (non-hydrogen) atoms. The van der Waals surface area contributed by atoms with Crippen LogP contribution in [-0.2, 0) is 4.74 Å². The van der Waals surface area contributed by atoms with Crippen molar-refractivity contribution in [2.75, 3.05) is 0 Å². The van der Waals surface area contributed by atoms with Crippen molar-refractivity contribution in [3.05, 3.63) is 120 Å². The number of thiophene rings is 1. The van der Waals surface area contributed by atoms with E-state index >= 15 is 0 Å². The molecule has 2 fully saturated rings. The lowest BCUT2D eigenvalue weighted by Gasteiger charge is -2.40. The topological polar surface area (TPSA) is 14.2 Å². The number of ether oxygens (including phenoxy) is 1. The van der Waals surface area contributed by atoms with Crippen LogP contribution in [0, 0.1) is 17.8 Å². The number of hydrogen-bond donors (Lipinski definition) is 0. The van der Waals surface area contributed by atoms with Crippen molar-refractivity contribution in [2.45, 2.75) is 56.1 Å². The molecule has 10 rings (SSSR count). The van der Waals surface area contributed by atoms with Crippen LogP contribution in [0.2, 0.25) is 0 Å². The molecule has 3 aromatic carbocycles. The standard InChI is InChI=1S/C40H35NOS/c1-4-13-34-27(8-1)30-21-20-29-31(22-23-36-38(29)33-10-2-5-14-35(33)42-36)39(30)41(34)25-18-16-24(17-19-25)26-11-7-12-32-28-9-3-6-15-37(28)43-40(26)32/h1,3-4,6-9,11-13,15-16,18-24,29,31,33,35-36,38H,2,5,10,14,17H2. The molecular weight excluding hydrogens is 543 g/mol. The summed E-state index contributed by atoms with van der Waals surface area (Å²) in [4.78, 5) is 0. The lowest BCUT2D eigenvalue weighted by atomic mass is 9.64. The maximum absolute atomic E-state index is 6.67. The molecule has 0 N–H and O–H groups in total. The van der Waals surface area contributed by atoms with E-state index in [0.717, 1.165) is 6.42 Å². The number of fused-ring (bicyclic) bond motifs is 12. The number of benzene rings is 3. The minimum absolute atomic E-state index is 0.282. The minimum Gasteiger partial charge on any atom is -0.370 e. The van der Waals surface area contributed by atoms with Crippen LogP contribution in [0.25, 0.3) is 42.8 Å². The zero-order valence-electron chi connectivity index (χ0n) is 24.2. The van der Waals surface area contributed by atoms with Gasteiger partial charge >= 0.3 is 0 Å². The van der Waals surface area contributed by atoms with Gasteiger partial charge in [0.05, 0.1) is 17.7 Å². The summed E-state index contributed by atoms with van der Waals surface area (Å²) in [5, 5.41) is 4.14. The molecule has 2 nitrogen and oxygen atoms in total. The van der Waals surface area contributed by atoms with Crippen molar-refractivity contribution in [1.82, 2.24) is 4.57 Å². The fourth-order valence-electron chi connectivity index (χ4n) is 9.41. The maximum atomic E-state index is 6.67. The van der Waals surface area contributed by atoms with E-state index < -0.39 is 0 Å². The number of nitrogens with zero attached hydrogens (tertiary/aromatic N) is 1. The predicted molar refractivity (Wildman–Crippen MR) is 181 cm³/mol. The van der Waals surface area contributed by atoms with Crippen molar-refractivity contribution in [1.29, 1.82) is 0 Å². The van der Waals surface area contributed by atoms with E-state index in [4.69, 9.17) is 4.74 Å². The second kappa shape index (κ2) is 9.42. The zero-order chi connectivity index (χ0) is 28.1. The molecule has 212 valence electrons. The van der Waals surface area contributed by atoms with Gasteiger partial charge in [-0.05, 0) is 54.9 Å². The molecule has 3 heteroatoms. The Balaban J connectivity index is 1.06. The Morgan fingerprint density at radius 1 is 0.767 bits per heavy atom. The summed E-state index contributed by atoms with van der Waals surface area (Å²) in [6.07, 6.45) is 24.3. The van der Waals surface area contributed by atoms with Crippen molar-refractivity contribution in [2.24, 2.45) is 17.8 Å². The molecule has 5 aromatic rings. The second-order valence-electron chi connectivity index (χ2n) is 13.3. The largest absolute Gasteiger partial charge is 0.370 e. The van der Waals surface area contributed by atoms with Crippen LogP contribution in [0.5, 0.6) is 0 Å². The Labute approximate surface area is 256 Å². The van der Waals surface area contributed by atoms with E-state index in [1.54, 1.807) is 0 Å². The van der Waals surface area contributed by atoms with Gasteiger partial charge in [0.15, 0.2) is 0 Å². The number of aromatic nitrogens is 1. The summed E-state index contributed by atoms with van der Waals surface area (Å²) in [7, 11) is 0. The number of para-hydroxylation sites is 1. The van der Waals surface area contributed by atoms with E-state index in [0.29, 0.717) is 35.7 Å². The smallest absolute Gasteiger partial charge is 0.0797 e. The van der Waals surface area contributed by atoms with E-state index in [-0.39, 0.29) is 6.10 Å². The number of allylic oxidation sites excluding steroid dienone is 6. The molecule has 0 spiro atoms. The number of hydrogen-bond acceptors (Lipinski definition) is 2. The first-order chi connectivity index (χ1) is 21.3. The van der Waals surface area contributed by atoms with Crippen LogP contribution in [0.15, 0.2) is 103 Å². The molecule has 2 aromatic heterocycles. The van der Waals surface area contributed by atoms with Gasteiger partial charge in [0, 0.05) is 60.3 Å². The SMILES string of the molecule is C1=CC(c2cccc3c2sc2ccccc23)CC=C1n1c2c(c3ccccc31)C=CC1C2C=CC2OC3CCCCC3C21. The van der Waals surface area contributed by atoms with E-state index in [9.17, 15) is 0 Å². The van der Waals surface area contributed by atoms with Gasteiger partial charge < -0.3 is 9.30 Å². The highest BCUT2D eigenvalue weighted by molar-refractivity contribution is 7.26. The highest BCUT2D eigenvalue weighted by atomic mass is 32.1. The van der Waals surface area contributed by atoms with Gasteiger partial charge in [-0.25, -0.2) is 0 Å². The van der Waals surface area contributed by atoms with Gasteiger partial charge in [-0.3, -0.25) is 0 Å². The van der Waals surface area contributed by atoms with Crippen molar-refractivity contribution in [3.8, 4) is 0 Å². The van der Waals surface area contributed by atoms with Crippen LogP contribution in [0.4, 0.5) is 0 Å². The highest BCUT2D eigenvalue weighted by Crippen LogP contribution is 2.55. The maximum Gasteiger partial charge on any atom is 0.0797 e. The van der Waals surface area contributed by atoms with Gasteiger partial charge in [0.1, 0.15) is 0 Å². The molecule has 1 saturated heterocycles. The van der Waals surface area contributed by atoms with Crippen LogP contribution in [-0.4, -0.2) is 16.8 Å². The summed E-state index contributed by atoms with van der Waals surface area (Å²) in [5.41, 5.74) is 6.99. The Morgan fingerprint density at radius 2 is 1.63 bits per heavy atom. The Bertz CT molecular complexity index is 2050. The first-order valence-corrected chi connectivity index (χ1v) is 17.1. The van der Waals surface area contributed by atoms with E-state index in [1.807, 2.05) is 11.3 Å². The summed E-state index contributed by atoms with van der Waals surface area (Å²) in [6, 6.07) is 24.8. The van der Waals surface area contributed by atoms with Crippen LogP contribution in [0.3, 0.4) is 0 Å². The highest BCUT2D eigenvalue weighted by Gasteiger charge is 2.51. The second-order valence-corrected chi connectivity index (χ2v) is 14.4. The molecule has 5 aliphatic rings. The normalized spacial score (nSPS) is 30.8. The van der Waals surface area contributed by atoms with Crippen LogP contribution < -0.4 is 0 Å². The summed E-state index contributed by atoms with van der Waals surface area (Å²) < 4.78 is 12.1. The molecular formula is C40H35NOS. The van der Waals surface area contributed by atoms with Gasteiger partial charge in [0.25, 0.3) is 0 Å². The third-order valence-electron chi connectivity index (χ3n) is 11.3. The van der Waals surface area contributed by atoms with Crippen LogP contribution >= 0.6 is 11.3 Å². The molecule has 0 amide bonds. The van der Waals surface area contributed by atoms with Crippen molar-refractivity contribution >= 4 is 54.2 Å². The number of rotatable bonds is 2. The van der Waals surface area contributed by atoms with E-state index in [1.165, 1.54) is 79.3 Å². The van der Waals surface area contributed by atoms with E-state index in [2.05, 4.69) is 114 Å². The fraction of sp³-hybridized carbons (Fsp3) is 0.300. The summed E-state index contributed by atoms with van der Waals surface area (Å²) >= 11 is 1.94. The molecule has 7 unspecified atom stereocenters.